The number of nitrogens with two attached hydrogens (primary N) is 1. The van der Waals surface area contributed by atoms with E-state index in [-0.39, 0.29) is 17.3 Å². The van der Waals surface area contributed by atoms with Crippen LogP contribution < -0.4 is 11.1 Å². The smallest absolute Gasteiger partial charge is 0.228 e. The molecule has 0 saturated heterocycles. The maximum Gasteiger partial charge on any atom is 0.228 e. The molecule has 0 aliphatic carbocycles. The Morgan fingerprint density at radius 3 is 2.52 bits per heavy atom. The largest absolute Gasteiger partial charge is 0.389 e. The van der Waals surface area contributed by atoms with Crippen LogP contribution in [0.2, 0.25) is 0 Å². The molecule has 6 heteroatoms. The van der Waals surface area contributed by atoms with Gasteiger partial charge in [0.05, 0.1) is 12.1 Å². The molecule has 21 heavy (non-hydrogen) atoms. The number of hydrogen-bond acceptors (Lipinski definition) is 2. The van der Waals surface area contributed by atoms with Crippen LogP contribution in [0.4, 0.5) is 10.1 Å². The Morgan fingerprint density at radius 2 is 1.90 bits per heavy atom. The first kappa shape index (κ1) is 15.6. The van der Waals surface area contributed by atoms with Gasteiger partial charge in [0.1, 0.15) is 10.8 Å². The fourth-order valence-corrected chi connectivity index (χ4v) is 2.24. The van der Waals surface area contributed by atoms with Crippen LogP contribution in [0, 0.1) is 5.82 Å². The Hall–Kier alpha value is -1.79. The van der Waals surface area contributed by atoms with Gasteiger partial charge in [-0.2, -0.15) is 0 Å². The van der Waals surface area contributed by atoms with Gasteiger partial charge in [-0.25, -0.2) is 4.39 Å². The van der Waals surface area contributed by atoms with E-state index >= 15 is 0 Å². The van der Waals surface area contributed by atoms with Crippen molar-refractivity contribution in [3.8, 4) is 0 Å². The molecule has 0 spiro atoms. The number of anilines is 1. The highest BCUT2D eigenvalue weighted by atomic mass is 79.9. The van der Waals surface area contributed by atoms with E-state index in [9.17, 15) is 9.18 Å². The van der Waals surface area contributed by atoms with Crippen molar-refractivity contribution in [3.63, 3.8) is 0 Å². The third kappa shape index (κ3) is 4.34. The number of carbonyl (C=O) groups excluding carboxylic acids is 1. The first-order valence-electron chi connectivity index (χ1n) is 6.09. The third-order valence-electron chi connectivity index (χ3n) is 2.80. The van der Waals surface area contributed by atoms with Gasteiger partial charge in [-0.1, -0.05) is 40.3 Å². The van der Waals surface area contributed by atoms with E-state index in [1.54, 1.807) is 0 Å². The average Bonchev–Trinajstić information content (AvgIpc) is 2.43. The Balaban J connectivity index is 2.12. The van der Waals surface area contributed by atoms with Crippen molar-refractivity contribution in [1.29, 1.82) is 0 Å². The van der Waals surface area contributed by atoms with Crippen molar-refractivity contribution < 1.29 is 9.18 Å². The van der Waals surface area contributed by atoms with E-state index < -0.39 is 5.82 Å². The minimum absolute atomic E-state index is 0.0356. The summed E-state index contributed by atoms with van der Waals surface area (Å²) >= 11 is 8.19. The molecule has 2 aromatic rings. The summed E-state index contributed by atoms with van der Waals surface area (Å²) in [5.41, 5.74) is 7.13. The highest BCUT2D eigenvalue weighted by Gasteiger charge is 2.10. The fourth-order valence-electron chi connectivity index (χ4n) is 1.81. The lowest BCUT2D eigenvalue weighted by Gasteiger charge is -2.10. The van der Waals surface area contributed by atoms with Gasteiger partial charge in [-0.15, -0.1) is 0 Å². The molecular weight excluding hydrogens is 355 g/mol. The number of carbonyl (C=O) groups is 1. The molecule has 0 radical (unpaired) electrons. The van der Waals surface area contributed by atoms with Gasteiger partial charge < -0.3 is 11.1 Å². The summed E-state index contributed by atoms with van der Waals surface area (Å²) in [6.07, 6.45) is 0.210. The number of thiocarbonyl (C=S) groups is 1. The molecule has 0 aromatic heterocycles. The summed E-state index contributed by atoms with van der Waals surface area (Å²) in [6.45, 7) is 0. The first-order valence-corrected chi connectivity index (χ1v) is 7.29. The molecule has 108 valence electrons. The van der Waals surface area contributed by atoms with Gasteiger partial charge in [0, 0.05) is 10.0 Å². The van der Waals surface area contributed by atoms with Crippen molar-refractivity contribution in [1.82, 2.24) is 0 Å². The molecule has 0 aliphatic heterocycles. The van der Waals surface area contributed by atoms with Gasteiger partial charge in [0.15, 0.2) is 0 Å². The second-order valence-electron chi connectivity index (χ2n) is 4.41. The topological polar surface area (TPSA) is 55.1 Å². The first-order chi connectivity index (χ1) is 9.95. The molecule has 0 fully saturated rings. The predicted octanol–water partition coefficient (Wildman–Crippen LogP) is 3.40. The van der Waals surface area contributed by atoms with Gasteiger partial charge in [0.25, 0.3) is 0 Å². The molecule has 0 bridgehead atoms. The number of halogens is 2. The molecule has 0 unspecified atom stereocenters. The third-order valence-corrected chi connectivity index (χ3v) is 3.55. The monoisotopic (exact) mass is 366 g/mol. The number of hydrogen-bond donors (Lipinski definition) is 2. The van der Waals surface area contributed by atoms with Crippen LogP contribution in [0.25, 0.3) is 0 Å². The Labute approximate surface area is 135 Å². The molecule has 0 heterocycles. The summed E-state index contributed by atoms with van der Waals surface area (Å²) in [7, 11) is 0. The molecule has 2 aromatic carbocycles. The zero-order valence-corrected chi connectivity index (χ0v) is 13.3. The van der Waals surface area contributed by atoms with Crippen LogP contribution in [0.5, 0.6) is 0 Å². The minimum Gasteiger partial charge on any atom is -0.389 e. The summed E-state index contributed by atoms with van der Waals surface area (Å²) in [6, 6.07) is 11.3. The second-order valence-corrected chi connectivity index (χ2v) is 5.76. The maximum absolute atomic E-state index is 13.2. The number of rotatable bonds is 4. The van der Waals surface area contributed by atoms with Gasteiger partial charge in [-0.05, 0) is 35.9 Å². The molecule has 3 N–H and O–H groups in total. The van der Waals surface area contributed by atoms with Crippen LogP contribution in [0.15, 0.2) is 46.9 Å². The van der Waals surface area contributed by atoms with Crippen LogP contribution in [-0.2, 0) is 11.2 Å². The summed E-state index contributed by atoms with van der Waals surface area (Å²) in [5.74, 6) is -0.676. The maximum atomic E-state index is 13.2. The van der Waals surface area contributed by atoms with E-state index in [0.29, 0.717) is 11.3 Å². The molecule has 3 nitrogen and oxygen atoms in total. The second kappa shape index (κ2) is 6.78. The minimum atomic E-state index is -0.455. The Kier molecular flexibility index (Phi) is 5.03. The van der Waals surface area contributed by atoms with Gasteiger partial charge in [-0.3, -0.25) is 4.79 Å². The highest BCUT2D eigenvalue weighted by Crippen LogP contribution is 2.18. The molecular formula is C15H12BrFN2OS. The van der Waals surface area contributed by atoms with Crippen molar-refractivity contribution in [2.24, 2.45) is 5.73 Å². The van der Waals surface area contributed by atoms with E-state index in [4.69, 9.17) is 18.0 Å². The summed E-state index contributed by atoms with van der Waals surface area (Å²) < 4.78 is 14.1. The molecule has 2 rings (SSSR count). The predicted molar refractivity (Wildman–Crippen MR) is 88.8 cm³/mol. The standard InChI is InChI=1S/C15H12BrFN2OS/c16-10-3-1-9(2-4-10)7-14(20)19-13-6-5-11(17)8-12(13)15(18)21/h1-6,8H,7H2,(H2,18,21)(H,19,20). The fraction of sp³-hybridized carbons (Fsp3) is 0.0667. The normalized spacial score (nSPS) is 10.2. The number of amides is 1. The van der Waals surface area contributed by atoms with Crippen LogP contribution in [-0.4, -0.2) is 10.9 Å². The van der Waals surface area contributed by atoms with Crippen LogP contribution >= 0.6 is 28.1 Å². The average molecular weight is 367 g/mol. The lowest BCUT2D eigenvalue weighted by molar-refractivity contribution is -0.115. The zero-order chi connectivity index (χ0) is 15.4. The van der Waals surface area contributed by atoms with Crippen molar-refractivity contribution >= 4 is 44.7 Å². The lowest BCUT2D eigenvalue weighted by atomic mass is 10.1. The van der Waals surface area contributed by atoms with Crippen LogP contribution in [0.3, 0.4) is 0 Å². The number of benzene rings is 2. The highest BCUT2D eigenvalue weighted by molar-refractivity contribution is 9.10. The van der Waals surface area contributed by atoms with Crippen LogP contribution in [0.1, 0.15) is 11.1 Å². The van der Waals surface area contributed by atoms with Crippen molar-refractivity contribution in [2.75, 3.05) is 5.32 Å². The van der Waals surface area contributed by atoms with Crippen molar-refractivity contribution in [2.45, 2.75) is 6.42 Å². The zero-order valence-electron chi connectivity index (χ0n) is 10.9. The van der Waals surface area contributed by atoms with E-state index in [2.05, 4.69) is 21.2 Å². The molecule has 1 amide bonds. The number of nitrogens with one attached hydrogen (secondary N) is 1. The van der Waals surface area contributed by atoms with Crippen molar-refractivity contribution in [3.05, 3.63) is 63.9 Å². The quantitative estimate of drug-likeness (QED) is 0.815. The van der Waals surface area contributed by atoms with E-state index in [1.807, 2.05) is 24.3 Å². The summed E-state index contributed by atoms with van der Waals surface area (Å²) in [5, 5.41) is 2.70. The van der Waals surface area contributed by atoms with E-state index in [1.165, 1.54) is 18.2 Å². The molecule has 0 saturated carbocycles. The Bertz CT molecular complexity index is 689. The summed E-state index contributed by atoms with van der Waals surface area (Å²) in [4.78, 5) is 12.1. The Morgan fingerprint density at radius 1 is 1.24 bits per heavy atom. The molecule has 0 aliphatic rings. The molecule has 0 atom stereocenters. The van der Waals surface area contributed by atoms with Gasteiger partial charge >= 0.3 is 0 Å². The lowest BCUT2D eigenvalue weighted by Crippen LogP contribution is -2.19. The van der Waals surface area contributed by atoms with E-state index in [0.717, 1.165) is 10.0 Å². The SMILES string of the molecule is NC(=S)c1cc(F)ccc1NC(=O)Cc1ccc(Br)cc1. The van der Waals surface area contributed by atoms with Gasteiger partial charge in [0.2, 0.25) is 5.91 Å².